The second kappa shape index (κ2) is 5.99. The Morgan fingerprint density at radius 2 is 2.35 bits per heavy atom. The van der Waals surface area contributed by atoms with Gasteiger partial charge >= 0.3 is 11.7 Å². The number of aliphatic carboxylic acids is 1. The maximum Gasteiger partial charge on any atom is 0.351 e. The third kappa shape index (κ3) is 3.13. The van der Waals surface area contributed by atoms with Gasteiger partial charge in [0, 0.05) is 12.6 Å². The molecular weight excluding hydrogens is 270 g/mol. The van der Waals surface area contributed by atoms with Gasteiger partial charge in [-0.2, -0.15) is 4.98 Å². The molecule has 4 N–H and O–H groups in total. The van der Waals surface area contributed by atoms with Gasteiger partial charge in [0.15, 0.2) is 0 Å². The number of hydrogen-bond donors (Lipinski definition) is 4. The average Bonchev–Trinajstić information content (AvgIpc) is 2.77. The van der Waals surface area contributed by atoms with Crippen molar-refractivity contribution in [1.82, 2.24) is 9.55 Å². The predicted octanol–water partition coefficient (Wildman–Crippen LogP) is -1.62. The van der Waals surface area contributed by atoms with E-state index in [4.69, 9.17) is 14.9 Å². The summed E-state index contributed by atoms with van der Waals surface area (Å²) in [7, 11) is 0. The summed E-state index contributed by atoms with van der Waals surface area (Å²) in [6, 6.07) is 1.44. The molecule has 0 radical (unpaired) electrons. The van der Waals surface area contributed by atoms with Gasteiger partial charge in [0.1, 0.15) is 24.7 Å². The van der Waals surface area contributed by atoms with Crippen molar-refractivity contribution in [3.63, 3.8) is 0 Å². The minimum absolute atomic E-state index is 0.144. The molecule has 3 atom stereocenters. The molecule has 1 aromatic heterocycles. The molecule has 1 aliphatic rings. The van der Waals surface area contributed by atoms with Crippen LogP contribution in [0.5, 0.6) is 0 Å². The number of nitrogens with zero attached hydrogens (tertiary/aromatic N) is 2. The molecule has 0 bridgehead atoms. The van der Waals surface area contributed by atoms with E-state index in [1.165, 1.54) is 16.8 Å². The Hall–Kier alpha value is -1.97. The van der Waals surface area contributed by atoms with Gasteiger partial charge in [0.05, 0.1) is 12.7 Å². The highest BCUT2D eigenvalue weighted by Crippen LogP contribution is 2.27. The number of carboxylic acids is 1. The number of aliphatic hydroxyl groups is 2. The summed E-state index contributed by atoms with van der Waals surface area (Å²) in [6.07, 6.45) is -0.695. The highest BCUT2D eigenvalue weighted by molar-refractivity contribution is 5.72. The Balaban J connectivity index is 2.10. The third-order valence-corrected chi connectivity index (χ3v) is 2.95. The fourth-order valence-electron chi connectivity index (χ4n) is 1.95. The summed E-state index contributed by atoms with van der Waals surface area (Å²) < 4.78 is 6.52. The van der Waals surface area contributed by atoms with Crippen molar-refractivity contribution in [2.45, 2.75) is 24.9 Å². The molecule has 9 nitrogen and oxygen atoms in total. The molecular formula is C11H15N3O6. The van der Waals surface area contributed by atoms with Gasteiger partial charge < -0.3 is 25.4 Å². The van der Waals surface area contributed by atoms with E-state index in [0.29, 0.717) is 0 Å². The lowest BCUT2D eigenvalue weighted by molar-refractivity contribution is -0.134. The van der Waals surface area contributed by atoms with Gasteiger partial charge in [-0.05, 0) is 6.07 Å². The monoisotopic (exact) mass is 285 g/mol. The van der Waals surface area contributed by atoms with E-state index in [0.717, 1.165) is 0 Å². The standard InChI is InChI=1S/C11H15N3O6/c15-5-7-6(16)3-9(20-7)14-2-1-8(13-11(14)19)12-4-10(17)18/h1-2,6-7,9,15-16H,3-5H2,(H,17,18)(H,12,13,19)/t6-,7+,9+/m0/s1. The lowest BCUT2D eigenvalue weighted by Crippen LogP contribution is -2.28. The van der Waals surface area contributed by atoms with Crippen LogP contribution in [0.3, 0.4) is 0 Å². The first-order valence-electron chi connectivity index (χ1n) is 6.00. The summed E-state index contributed by atoms with van der Waals surface area (Å²) in [5.74, 6) is -0.921. The van der Waals surface area contributed by atoms with Crippen LogP contribution in [-0.2, 0) is 9.53 Å². The Bertz CT molecular complexity index is 545. The summed E-state index contributed by atoms with van der Waals surface area (Å²) >= 11 is 0. The lowest BCUT2D eigenvalue weighted by atomic mass is 10.2. The van der Waals surface area contributed by atoms with Crippen LogP contribution < -0.4 is 11.0 Å². The molecule has 1 fully saturated rings. The molecule has 2 heterocycles. The van der Waals surface area contributed by atoms with E-state index >= 15 is 0 Å². The van der Waals surface area contributed by atoms with Gasteiger partial charge in [0.25, 0.3) is 0 Å². The Morgan fingerprint density at radius 1 is 1.60 bits per heavy atom. The number of ether oxygens (including phenoxy) is 1. The summed E-state index contributed by atoms with van der Waals surface area (Å²) in [6.45, 7) is -0.681. The topological polar surface area (TPSA) is 134 Å². The normalized spacial score (nSPS) is 25.6. The average molecular weight is 285 g/mol. The predicted molar refractivity (Wildman–Crippen MR) is 66.2 cm³/mol. The Kier molecular flexibility index (Phi) is 4.32. The number of carboxylic acid groups (broad SMARTS) is 1. The van der Waals surface area contributed by atoms with Crippen LogP contribution in [-0.4, -0.2) is 56.2 Å². The first-order valence-corrected chi connectivity index (χ1v) is 6.00. The van der Waals surface area contributed by atoms with Crippen molar-refractivity contribution in [3.05, 3.63) is 22.7 Å². The van der Waals surface area contributed by atoms with E-state index in [9.17, 15) is 14.7 Å². The zero-order valence-corrected chi connectivity index (χ0v) is 10.5. The van der Waals surface area contributed by atoms with Crippen LogP contribution in [0.15, 0.2) is 17.1 Å². The SMILES string of the molecule is O=C(O)CNc1ccn([C@H]2C[C@H](O)[C@@H](CO)O2)c(=O)n1. The van der Waals surface area contributed by atoms with Crippen molar-refractivity contribution >= 4 is 11.8 Å². The van der Waals surface area contributed by atoms with Crippen molar-refractivity contribution in [2.24, 2.45) is 0 Å². The van der Waals surface area contributed by atoms with Gasteiger partial charge in [-0.15, -0.1) is 0 Å². The van der Waals surface area contributed by atoms with E-state index < -0.39 is 30.1 Å². The zero-order chi connectivity index (χ0) is 14.7. The van der Waals surface area contributed by atoms with Gasteiger partial charge in [0.2, 0.25) is 0 Å². The summed E-state index contributed by atoms with van der Waals surface area (Å²) in [4.78, 5) is 25.9. The van der Waals surface area contributed by atoms with Crippen LogP contribution in [0.2, 0.25) is 0 Å². The lowest BCUT2D eigenvalue weighted by Gasteiger charge is -2.14. The van der Waals surface area contributed by atoms with Crippen LogP contribution >= 0.6 is 0 Å². The number of aromatic nitrogens is 2. The molecule has 0 spiro atoms. The van der Waals surface area contributed by atoms with Gasteiger partial charge in [-0.1, -0.05) is 0 Å². The second-order valence-electron chi connectivity index (χ2n) is 4.36. The van der Waals surface area contributed by atoms with Crippen LogP contribution in [0.1, 0.15) is 12.6 Å². The fraction of sp³-hybridized carbons (Fsp3) is 0.545. The molecule has 1 saturated heterocycles. The first-order chi connectivity index (χ1) is 9.51. The van der Waals surface area contributed by atoms with Crippen molar-refractivity contribution in [1.29, 1.82) is 0 Å². The number of carbonyl (C=O) groups is 1. The highest BCUT2D eigenvalue weighted by atomic mass is 16.5. The van der Waals surface area contributed by atoms with E-state index in [2.05, 4.69) is 10.3 Å². The van der Waals surface area contributed by atoms with Gasteiger partial charge in [-0.25, -0.2) is 4.79 Å². The molecule has 0 aromatic carbocycles. The molecule has 0 saturated carbocycles. The highest BCUT2D eigenvalue weighted by Gasteiger charge is 2.34. The van der Waals surface area contributed by atoms with E-state index in [1.54, 1.807) is 0 Å². The van der Waals surface area contributed by atoms with Crippen molar-refractivity contribution in [3.8, 4) is 0 Å². The van der Waals surface area contributed by atoms with Crippen LogP contribution in [0.25, 0.3) is 0 Å². The number of hydrogen-bond acceptors (Lipinski definition) is 7. The van der Waals surface area contributed by atoms with Crippen molar-refractivity contribution in [2.75, 3.05) is 18.5 Å². The fourth-order valence-corrected chi connectivity index (χ4v) is 1.95. The zero-order valence-electron chi connectivity index (χ0n) is 10.5. The molecule has 20 heavy (non-hydrogen) atoms. The largest absolute Gasteiger partial charge is 0.480 e. The molecule has 0 aliphatic carbocycles. The number of rotatable bonds is 5. The molecule has 9 heteroatoms. The second-order valence-corrected chi connectivity index (χ2v) is 4.36. The van der Waals surface area contributed by atoms with Crippen LogP contribution in [0, 0.1) is 0 Å². The van der Waals surface area contributed by atoms with E-state index in [1.807, 2.05) is 0 Å². The smallest absolute Gasteiger partial charge is 0.351 e. The molecule has 1 aliphatic heterocycles. The minimum Gasteiger partial charge on any atom is -0.480 e. The molecule has 110 valence electrons. The van der Waals surface area contributed by atoms with Crippen molar-refractivity contribution < 1.29 is 24.9 Å². The molecule has 2 rings (SSSR count). The maximum atomic E-state index is 11.8. The minimum atomic E-state index is -1.07. The number of anilines is 1. The third-order valence-electron chi connectivity index (χ3n) is 2.95. The number of aliphatic hydroxyl groups excluding tert-OH is 2. The van der Waals surface area contributed by atoms with E-state index in [-0.39, 0.29) is 25.4 Å². The molecule has 1 aromatic rings. The first kappa shape index (κ1) is 14.4. The Labute approximate surface area is 113 Å². The van der Waals surface area contributed by atoms with Crippen LogP contribution in [0.4, 0.5) is 5.82 Å². The molecule has 0 amide bonds. The van der Waals surface area contributed by atoms with Gasteiger partial charge in [-0.3, -0.25) is 9.36 Å². The summed E-state index contributed by atoms with van der Waals surface area (Å²) in [5, 5.41) is 29.6. The summed E-state index contributed by atoms with van der Waals surface area (Å²) in [5.41, 5.74) is -0.629. The maximum absolute atomic E-state index is 11.8. The Morgan fingerprint density at radius 3 is 2.90 bits per heavy atom. The quantitative estimate of drug-likeness (QED) is 0.507. The molecule has 0 unspecified atom stereocenters. The number of nitrogens with one attached hydrogen (secondary N) is 1.